The van der Waals surface area contributed by atoms with E-state index in [1.807, 2.05) is 0 Å². The van der Waals surface area contributed by atoms with Gasteiger partial charge in [-0.1, -0.05) is 97.1 Å². The van der Waals surface area contributed by atoms with Gasteiger partial charge in [0.05, 0.1) is 67.1 Å². The van der Waals surface area contributed by atoms with Crippen LogP contribution in [0.4, 0.5) is 5.95 Å². The van der Waals surface area contributed by atoms with Crippen LogP contribution in [0.2, 0.25) is 0 Å². The first-order chi connectivity index (χ1) is 48.6. The second-order valence-corrected chi connectivity index (χ2v) is 42.9. The molecule has 0 amide bonds. The zero-order valence-electron chi connectivity index (χ0n) is 51.0. The summed E-state index contributed by atoms with van der Waals surface area (Å²) >= 11 is 0. The van der Waals surface area contributed by atoms with Gasteiger partial charge in [-0.25, -0.2) is 82.3 Å². The first kappa shape index (κ1) is 74.3. The molecule has 13 rings (SSSR count). The number of benzene rings is 8. The van der Waals surface area contributed by atoms with Gasteiger partial charge in [0.25, 0.3) is 84.1 Å². The number of rotatable bonds is 16. The van der Waals surface area contributed by atoms with Crippen molar-refractivity contribution in [3.05, 3.63) is 228 Å². The minimum atomic E-state index is -4.57. The second kappa shape index (κ2) is 27.1. The summed E-state index contributed by atoms with van der Waals surface area (Å²) in [5.41, 5.74) is -0.581. The van der Waals surface area contributed by atoms with Crippen molar-refractivity contribution in [2.75, 3.05) is 0 Å². The highest BCUT2D eigenvalue weighted by atomic mass is 35.7. The van der Waals surface area contributed by atoms with Crippen molar-refractivity contribution < 1.29 is 67.3 Å². The van der Waals surface area contributed by atoms with Gasteiger partial charge in [0.15, 0.2) is 5.65 Å². The number of nitrogens with zero attached hydrogens (tertiary/aromatic N) is 6. The van der Waals surface area contributed by atoms with Crippen LogP contribution in [0.15, 0.2) is 238 Å². The van der Waals surface area contributed by atoms with Crippen molar-refractivity contribution in [2.45, 2.75) is 39.2 Å². The molecule has 2 N–H and O–H groups in total. The van der Waals surface area contributed by atoms with E-state index in [4.69, 9.17) is 105 Å². The van der Waals surface area contributed by atoms with Gasteiger partial charge in [-0.2, -0.15) is 4.98 Å². The molecule has 0 aliphatic carbocycles. The number of H-pyrrole nitrogens is 2. The summed E-state index contributed by atoms with van der Waals surface area (Å²) < 4.78 is 210. The van der Waals surface area contributed by atoms with E-state index >= 15 is 0 Å². The van der Waals surface area contributed by atoms with E-state index in [0.29, 0.717) is 0 Å². The molecule has 8 bridgehead atoms. The fraction of sp³-hybridized carbons (Fsp3) is 0. The number of hydrogen-bond donors (Lipinski definition) is 2. The molecular weight excluding hydrogens is 1680 g/mol. The lowest BCUT2D eigenvalue weighted by Crippen LogP contribution is -2.04. The van der Waals surface area contributed by atoms with Gasteiger partial charge in [0.2, 0.25) is 0 Å². The van der Waals surface area contributed by atoms with Gasteiger partial charge in [-0.05, 0) is 136 Å². The smallest absolute Gasteiger partial charge is 0.261 e. The Morgan fingerprint density at radius 2 is 0.490 bits per heavy atom. The van der Waals surface area contributed by atoms with Crippen LogP contribution in [0.1, 0.15) is 33.8 Å². The Morgan fingerprint density at radius 1 is 0.240 bits per heavy atom. The number of aromatic amines is 2. The van der Waals surface area contributed by atoms with Crippen LogP contribution in [0.25, 0.3) is 89.2 Å². The Bertz CT molecular complexity index is 6750. The largest absolute Gasteiger partial charge is 0.353 e. The highest BCUT2D eigenvalue weighted by Crippen LogP contribution is 2.52. The molecule has 0 atom stereocenters. The molecule has 0 unspecified atom stereocenters. The molecule has 0 fully saturated rings. The number of halogens is 8. The Labute approximate surface area is 627 Å². The molecule has 3 aromatic heterocycles. The van der Waals surface area contributed by atoms with E-state index in [1.165, 1.54) is 97.1 Å². The summed E-state index contributed by atoms with van der Waals surface area (Å²) in [5.74, 6) is -0.784. The SMILES string of the molecule is O=S(=O)(Cl)c1ccc(C2=Nc3nc2c(-c2ccc(S(=O)(=O)Cl)cc2)c2[nH]c(c(-c4ccc(S(=O)(=O)Cl)cc4)c4nc(c(-c5ccc(S(=O)(=O)Cl)cc5)c5nnc(n3)[nH]5)C(c3ccc(S(=O)(=O)Cl)cc3)=C4c3ccc(S(=O)(=O)Cl)cc3)c(-c3ccc(S(=O)(=O)Cl)cc3)c2-c2ccc(S(=O)(=O)Cl)cc2)cc1. The lowest BCUT2D eigenvalue weighted by molar-refractivity contribution is 0.608. The molecule has 2 aliphatic heterocycles. The zero-order chi connectivity index (χ0) is 74.8. The van der Waals surface area contributed by atoms with Crippen LogP contribution in [0.3, 0.4) is 0 Å². The lowest BCUT2D eigenvalue weighted by atomic mass is 9.87. The van der Waals surface area contributed by atoms with Gasteiger partial charge < -0.3 is 9.97 Å². The topological polar surface area (TPSA) is 382 Å². The van der Waals surface area contributed by atoms with E-state index in [1.54, 1.807) is 0 Å². The summed E-state index contributed by atoms with van der Waals surface area (Å²) in [5, 5.41) is 8.95. The highest BCUT2D eigenvalue weighted by Gasteiger charge is 2.35. The first-order valence-corrected chi connectivity index (χ1v) is 47.3. The molecule has 24 nitrogen and oxygen atoms in total. The average molecular weight is 1710 g/mol. The maximum absolute atomic E-state index is 13.3. The minimum Gasteiger partial charge on any atom is -0.353 e. The molecule has 5 heterocycles. The number of fused-ring (bicyclic) bond motifs is 8. The van der Waals surface area contributed by atoms with Gasteiger partial charge in [-0.15, -0.1) is 10.2 Å². The molecule has 11 aromatic rings. The Hall–Kier alpha value is -8.00. The Kier molecular flexibility index (Phi) is 19.4. The predicted molar refractivity (Wildman–Crippen MR) is 396 cm³/mol. The molecule has 2 aliphatic rings. The third-order valence-corrected chi connectivity index (χ3v) is 27.1. The van der Waals surface area contributed by atoms with Gasteiger partial charge in [-0.3, -0.25) is 0 Å². The van der Waals surface area contributed by atoms with Gasteiger partial charge in [0, 0.05) is 124 Å². The molecule has 8 aromatic carbocycles. The van der Waals surface area contributed by atoms with Crippen molar-refractivity contribution >= 4 is 203 Å². The summed E-state index contributed by atoms with van der Waals surface area (Å²) in [7, 11) is 11.8. The van der Waals surface area contributed by atoms with Crippen molar-refractivity contribution in [1.29, 1.82) is 0 Å². The highest BCUT2D eigenvalue weighted by molar-refractivity contribution is 8.15. The summed E-state index contributed by atoms with van der Waals surface area (Å²) in [6, 6.07) is 39.9. The van der Waals surface area contributed by atoms with Gasteiger partial charge in [0.1, 0.15) is 11.4 Å². The van der Waals surface area contributed by atoms with Crippen LogP contribution < -0.4 is 0 Å². The summed E-state index contributed by atoms with van der Waals surface area (Å²) in [6.45, 7) is 0. The molecular formula is C64H34Cl8N8O16S8. The molecule has 530 valence electrons. The minimum absolute atomic E-state index is 0.00275. The zero-order valence-corrected chi connectivity index (χ0v) is 63.6. The van der Waals surface area contributed by atoms with E-state index in [-0.39, 0.29) is 139 Å². The molecule has 40 heteroatoms. The quantitative estimate of drug-likeness (QED) is 0.0848. The van der Waals surface area contributed by atoms with Crippen molar-refractivity contribution in [1.82, 2.24) is 35.1 Å². The number of aliphatic imine (C=N–C) groups is 1. The summed E-state index contributed by atoms with van der Waals surface area (Å²) in [6.07, 6.45) is 0. The molecule has 0 radical (unpaired) electrons. The third kappa shape index (κ3) is 15.0. The fourth-order valence-electron chi connectivity index (χ4n) is 11.6. The Morgan fingerprint density at radius 3 is 0.788 bits per heavy atom. The van der Waals surface area contributed by atoms with Crippen molar-refractivity contribution in [3.8, 4) is 55.6 Å². The molecule has 0 saturated carbocycles. The number of nitrogens with one attached hydrogen (secondary N) is 2. The standard InChI is InChI=1S/C64H34Cl8N8O16S8/c65-97(81,82)41-17-1-33(2-18-41)49-50(34-3-19-42(20-4-34)98(66,83)84)59-54(38-11-27-46(28-12-38)102(70,91)92)61-56(40-15-31-48(32-16-40)104(72,95)96)75-63(76-61)78-64-77-62(79-80-64)55(39-13-29-47(30-14-39)103(71,93)94)60-52(36-7-23-44(24-8-36)100(68,87)88)51(35-5-21-43(22-6-35)99(67,85)86)58(74-60)53(57(49)73-59)37-9-25-45(26-10-37)101(69,89)90/h1-32,73H,(H,75,76,77,78,79,80). The molecule has 0 saturated heterocycles. The van der Waals surface area contributed by atoms with E-state index in [9.17, 15) is 67.3 Å². The van der Waals surface area contributed by atoms with E-state index in [2.05, 4.69) is 20.2 Å². The first-order valence-electron chi connectivity index (χ1n) is 28.8. The van der Waals surface area contributed by atoms with Crippen LogP contribution >= 0.6 is 85.5 Å². The van der Waals surface area contributed by atoms with Crippen LogP contribution in [-0.4, -0.2) is 108 Å². The van der Waals surface area contributed by atoms with Crippen molar-refractivity contribution in [3.63, 3.8) is 0 Å². The monoisotopic (exact) mass is 1710 g/mol. The second-order valence-electron chi connectivity index (χ2n) is 22.3. The maximum Gasteiger partial charge on any atom is 0.261 e. The average Bonchev–Trinajstić information content (AvgIpc) is 1.56. The predicted octanol–water partition coefficient (Wildman–Crippen LogP) is 14.4. The van der Waals surface area contributed by atoms with E-state index < -0.39 is 108 Å². The lowest BCUT2D eigenvalue weighted by Gasteiger charge is -2.15. The summed E-state index contributed by atoms with van der Waals surface area (Å²) in [4.78, 5) is 23.6. The molecule has 104 heavy (non-hydrogen) atoms. The maximum atomic E-state index is 13.3. The van der Waals surface area contributed by atoms with Crippen LogP contribution in [0, 0.1) is 0 Å². The molecule has 0 spiro atoms. The normalized spacial score (nSPS) is 13.4. The van der Waals surface area contributed by atoms with Gasteiger partial charge >= 0.3 is 0 Å². The van der Waals surface area contributed by atoms with Crippen LogP contribution in [-0.2, 0) is 72.4 Å². The van der Waals surface area contributed by atoms with Crippen molar-refractivity contribution in [2.24, 2.45) is 4.99 Å². The Balaban J connectivity index is 1.40. The number of aromatic nitrogens is 7. The fourth-order valence-corrected chi connectivity index (χ4v) is 17.7. The third-order valence-electron chi connectivity index (χ3n) is 16.1. The number of hydrogen-bond acceptors (Lipinski definition) is 22. The van der Waals surface area contributed by atoms with E-state index in [0.717, 1.165) is 97.1 Å². The van der Waals surface area contributed by atoms with Crippen LogP contribution in [0.5, 0.6) is 0 Å².